The number of nitrogens with one attached hydrogen (secondary N) is 2. The molecular weight excluding hydrogens is 392 g/mol. The number of likely N-dealkylation sites (tertiary alicyclic amines) is 1. The predicted molar refractivity (Wildman–Crippen MR) is 108 cm³/mol. The molecule has 0 aromatic carbocycles. The summed E-state index contributed by atoms with van der Waals surface area (Å²) in [5.41, 5.74) is 0.304. The van der Waals surface area contributed by atoms with Crippen molar-refractivity contribution in [2.45, 2.75) is 56.4 Å². The van der Waals surface area contributed by atoms with Gasteiger partial charge in [-0.3, -0.25) is 9.59 Å². The summed E-state index contributed by atoms with van der Waals surface area (Å²) in [5, 5.41) is 2.98. The van der Waals surface area contributed by atoms with Crippen molar-refractivity contribution in [3.05, 3.63) is 18.0 Å². The summed E-state index contributed by atoms with van der Waals surface area (Å²) in [7, 11) is -3.74. The Kier molecular flexibility index (Phi) is 5.70. The molecule has 0 radical (unpaired) electrons. The van der Waals surface area contributed by atoms with Crippen molar-refractivity contribution in [1.82, 2.24) is 19.5 Å². The van der Waals surface area contributed by atoms with E-state index in [0.29, 0.717) is 44.1 Å². The Labute approximate surface area is 172 Å². The van der Waals surface area contributed by atoms with Crippen LogP contribution in [0.15, 0.2) is 17.2 Å². The van der Waals surface area contributed by atoms with Gasteiger partial charge in [0, 0.05) is 38.4 Å². The standard InChI is InChI=1S/C20H30N4O4S/c1-14-6-9-23(10-7-14)20(26)18-11-17(12-21-18)29(27,28)24-8-2-3-15(13-24)19(25)22-16-4-5-16/h11-12,14-16,21H,2-10,13H2,1H3,(H,22,25)/t15-/m1/s1. The van der Waals surface area contributed by atoms with Crippen LogP contribution in [0.25, 0.3) is 0 Å². The summed E-state index contributed by atoms with van der Waals surface area (Å²) in [5.74, 6) is 0.104. The molecule has 160 valence electrons. The summed E-state index contributed by atoms with van der Waals surface area (Å²) >= 11 is 0. The molecule has 3 fully saturated rings. The summed E-state index contributed by atoms with van der Waals surface area (Å²) in [6.45, 7) is 4.17. The summed E-state index contributed by atoms with van der Waals surface area (Å²) in [6.07, 6.45) is 6.71. The van der Waals surface area contributed by atoms with Crippen LogP contribution < -0.4 is 5.32 Å². The van der Waals surface area contributed by atoms with E-state index in [9.17, 15) is 18.0 Å². The van der Waals surface area contributed by atoms with Gasteiger partial charge in [-0.15, -0.1) is 0 Å². The van der Waals surface area contributed by atoms with Gasteiger partial charge in [-0.1, -0.05) is 6.92 Å². The number of aromatic amines is 1. The zero-order chi connectivity index (χ0) is 20.6. The molecule has 3 heterocycles. The van der Waals surface area contributed by atoms with Crippen molar-refractivity contribution in [2.24, 2.45) is 11.8 Å². The molecule has 2 N–H and O–H groups in total. The molecule has 1 aliphatic carbocycles. The lowest BCUT2D eigenvalue weighted by atomic mass is 9.99. The monoisotopic (exact) mass is 422 g/mol. The molecule has 0 unspecified atom stereocenters. The number of hydrogen-bond acceptors (Lipinski definition) is 4. The van der Waals surface area contributed by atoms with Crippen LogP contribution in [-0.2, 0) is 14.8 Å². The summed E-state index contributed by atoms with van der Waals surface area (Å²) in [6, 6.07) is 1.70. The number of aromatic nitrogens is 1. The first kappa shape index (κ1) is 20.4. The quantitative estimate of drug-likeness (QED) is 0.752. The van der Waals surface area contributed by atoms with E-state index >= 15 is 0 Å². The minimum atomic E-state index is -3.74. The molecule has 2 amide bonds. The molecule has 2 saturated heterocycles. The molecule has 1 aromatic heterocycles. The molecule has 9 heteroatoms. The lowest BCUT2D eigenvalue weighted by Gasteiger charge is -2.31. The van der Waals surface area contributed by atoms with Crippen LogP contribution in [0.4, 0.5) is 0 Å². The van der Waals surface area contributed by atoms with Gasteiger partial charge in [0.1, 0.15) is 10.6 Å². The van der Waals surface area contributed by atoms with Crippen molar-refractivity contribution < 1.29 is 18.0 Å². The number of H-pyrrole nitrogens is 1. The van der Waals surface area contributed by atoms with Gasteiger partial charge in [-0.2, -0.15) is 4.31 Å². The van der Waals surface area contributed by atoms with E-state index in [0.717, 1.165) is 25.7 Å². The fraction of sp³-hybridized carbons (Fsp3) is 0.700. The Hall–Kier alpha value is -1.87. The maximum absolute atomic E-state index is 13.1. The average Bonchev–Trinajstić information content (AvgIpc) is 3.39. The van der Waals surface area contributed by atoms with E-state index in [1.54, 1.807) is 4.90 Å². The molecule has 0 spiro atoms. The van der Waals surface area contributed by atoms with Crippen molar-refractivity contribution >= 4 is 21.8 Å². The number of rotatable bonds is 5. The Morgan fingerprint density at radius 1 is 1.10 bits per heavy atom. The fourth-order valence-corrected chi connectivity index (χ4v) is 5.62. The van der Waals surface area contributed by atoms with Crippen LogP contribution in [0, 0.1) is 11.8 Å². The Balaban J connectivity index is 1.43. The van der Waals surface area contributed by atoms with Gasteiger partial charge < -0.3 is 15.2 Å². The first-order valence-electron chi connectivity index (χ1n) is 10.6. The molecule has 1 saturated carbocycles. The van der Waals surface area contributed by atoms with Crippen LogP contribution in [-0.4, -0.2) is 66.6 Å². The number of carbonyl (C=O) groups excluding carboxylic acids is 2. The molecule has 0 bridgehead atoms. The number of nitrogens with zero attached hydrogens (tertiary/aromatic N) is 2. The Morgan fingerprint density at radius 3 is 2.52 bits per heavy atom. The number of hydrogen-bond donors (Lipinski definition) is 2. The molecule has 1 aromatic rings. The fourth-order valence-electron chi connectivity index (χ4n) is 4.10. The number of piperidine rings is 2. The van der Waals surface area contributed by atoms with Crippen molar-refractivity contribution in [1.29, 1.82) is 0 Å². The molecule has 29 heavy (non-hydrogen) atoms. The third-order valence-electron chi connectivity index (χ3n) is 6.27. The second-order valence-electron chi connectivity index (χ2n) is 8.71. The normalized spacial score (nSPS) is 24.4. The van der Waals surface area contributed by atoms with Crippen molar-refractivity contribution in [3.8, 4) is 0 Å². The van der Waals surface area contributed by atoms with Gasteiger partial charge in [0.25, 0.3) is 5.91 Å². The maximum Gasteiger partial charge on any atom is 0.270 e. The highest BCUT2D eigenvalue weighted by atomic mass is 32.2. The number of carbonyl (C=O) groups is 2. The highest BCUT2D eigenvalue weighted by molar-refractivity contribution is 7.89. The minimum Gasteiger partial charge on any atom is -0.356 e. The second-order valence-corrected chi connectivity index (χ2v) is 10.6. The topological polar surface area (TPSA) is 103 Å². The van der Waals surface area contributed by atoms with E-state index in [1.807, 2.05) is 0 Å². The number of amides is 2. The minimum absolute atomic E-state index is 0.0448. The zero-order valence-corrected chi connectivity index (χ0v) is 17.7. The van der Waals surface area contributed by atoms with Gasteiger partial charge in [0.2, 0.25) is 15.9 Å². The van der Waals surface area contributed by atoms with Gasteiger partial charge in [-0.05, 0) is 50.5 Å². The van der Waals surface area contributed by atoms with E-state index in [2.05, 4.69) is 17.2 Å². The highest BCUT2D eigenvalue weighted by Gasteiger charge is 2.36. The molecule has 4 rings (SSSR count). The smallest absolute Gasteiger partial charge is 0.270 e. The SMILES string of the molecule is CC1CCN(C(=O)c2cc(S(=O)(=O)N3CCC[C@@H](C(=O)NC4CC4)C3)c[nH]2)CC1. The van der Waals surface area contributed by atoms with E-state index < -0.39 is 10.0 Å². The lowest BCUT2D eigenvalue weighted by molar-refractivity contribution is -0.126. The van der Waals surface area contributed by atoms with Crippen LogP contribution in [0.1, 0.15) is 55.9 Å². The molecule has 2 aliphatic heterocycles. The van der Waals surface area contributed by atoms with Gasteiger partial charge in [0.05, 0.1) is 5.92 Å². The van der Waals surface area contributed by atoms with Crippen LogP contribution >= 0.6 is 0 Å². The van der Waals surface area contributed by atoms with Gasteiger partial charge in [0.15, 0.2) is 0 Å². The third-order valence-corrected chi connectivity index (χ3v) is 8.12. The average molecular weight is 423 g/mol. The van der Waals surface area contributed by atoms with Crippen molar-refractivity contribution in [3.63, 3.8) is 0 Å². The van der Waals surface area contributed by atoms with Gasteiger partial charge in [-0.25, -0.2) is 8.42 Å². The first-order chi connectivity index (χ1) is 13.8. The summed E-state index contributed by atoms with van der Waals surface area (Å²) in [4.78, 5) is 29.8. The van der Waals surface area contributed by atoms with E-state index in [4.69, 9.17) is 0 Å². The zero-order valence-electron chi connectivity index (χ0n) is 16.9. The third kappa shape index (κ3) is 4.50. The molecule has 3 aliphatic rings. The molecule has 8 nitrogen and oxygen atoms in total. The lowest BCUT2D eigenvalue weighted by Crippen LogP contribution is -2.45. The molecular formula is C20H30N4O4S. The summed E-state index contributed by atoms with van der Waals surface area (Å²) < 4.78 is 27.6. The number of sulfonamides is 1. The predicted octanol–water partition coefficient (Wildman–Crippen LogP) is 1.57. The Morgan fingerprint density at radius 2 is 1.83 bits per heavy atom. The van der Waals surface area contributed by atoms with Crippen LogP contribution in [0.2, 0.25) is 0 Å². The van der Waals surface area contributed by atoms with Gasteiger partial charge >= 0.3 is 0 Å². The highest BCUT2D eigenvalue weighted by Crippen LogP contribution is 2.27. The van der Waals surface area contributed by atoms with E-state index in [-0.39, 0.29) is 35.2 Å². The maximum atomic E-state index is 13.1. The molecule has 1 atom stereocenters. The van der Waals surface area contributed by atoms with E-state index in [1.165, 1.54) is 16.6 Å². The van der Waals surface area contributed by atoms with Crippen molar-refractivity contribution in [2.75, 3.05) is 26.2 Å². The van der Waals surface area contributed by atoms with Crippen LogP contribution in [0.3, 0.4) is 0 Å². The first-order valence-corrected chi connectivity index (χ1v) is 12.1. The largest absolute Gasteiger partial charge is 0.356 e. The second kappa shape index (κ2) is 8.10. The van der Waals surface area contributed by atoms with Crippen LogP contribution in [0.5, 0.6) is 0 Å². The Bertz CT molecular complexity index is 869.